The number of rotatable bonds is 6. The second-order valence-corrected chi connectivity index (χ2v) is 7.59. The van der Waals surface area contributed by atoms with Gasteiger partial charge in [0.1, 0.15) is 5.82 Å². The van der Waals surface area contributed by atoms with Gasteiger partial charge in [-0.2, -0.15) is 4.98 Å². The highest BCUT2D eigenvalue weighted by atomic mass is 16.5. The molecule has 2 aromatic heterocycles. The molecule has 0 amide bonds. The molecule has 0 spiro atoms. The molecular formula is C21H27N5O5. The number of anilines is 2. The zero-order valence-corrected chi connectivity index (χ0v) is 17.9. The van der Waals surface area contributed by atoms with Crippen LogP contribution in [-0.4, -0.2) is 47.0 Å². The summed E-state index contributed by atoms with van der Waals surface area (Å²) in [6.07, 6.45) is 2.61. The summed E-state index contributed by atoms with van der Waals surface area (Å²) >= 11 is 0. The van der Waals surface area contributed by atoms with Crippen LogP contribution in [0.2, 0.25) is 0 Å². The molecule has 0 unspecified atom stereocenters. The summed E-state index contributed by atoms with van der Waals surface area (Å²) in [6.45, 7) is 3.20. The monoisotopic (exact) mass is 429 g/mol. The van der Waals surface area contributed by atoms with Crippen LogP contribution in [0.25, 0.3) is 10.9 Å². The number of piperidine rings is 1. The zero-order valence-electron chi connectivity index (χ0n) is 17.9. The fraction of sp³-hybridized carbons (Fsp3) is 0.476. The summed E-state index contributed by atoms with van der Waals surface area (Å²) in [6, 6.07) is 3.41. The van der Waals surface area contributed by atoms with Gasteiger partial charge >= 0.3 is 5.76 Å². The van der Waals surface area contributed by atoms with E-state index in [-0.39, 0.29) is 11.9 Å². The number of hydrogen-bond acceptors (Lipinski definition) is 9. The van der Waals surface area contributed by atoms with E-state index in [0.717, 1.165) is 6.42 Å². The van der Waals surface area contributed by atoms with Gasteiger partial charge in [-0.15, -0.1) is 0 Å². The molecule has 31 heavy (non-hydrogen) atoms. The zero-order chi connectivity index (χ0) is 22.1. The topological polar surface area (TPSA) is 129 Å². The summed E-state index contributed by atoms with van der Waals surface area (Å²) in [5.74, 6) is 1.79. The molecule has 1 fully saturated rings. The summed E-state index contributed by atoms with van der Waals surface area (Å²) in [5, 5.41) is 11.1. The highest BCUT2D eigenvalue weighted by molar-refractivity contribution is 5.91. The molecular weight excluding hydrogens is 402 g/mol. The van der Waals surface area contributed by atoms with Crippen LogP contribution in [0.1, 0.15) is 38.0 Å². The number of oxazole rings is 1. The van der Waals surface area contributed by atoms with E-state index < -0.39 is 5.76 Å². The molecule has 0 saturated carbocycles. The summed E-state index contributed by atoms with van der Waals surface area (Å²) in [5.41, 5.74) is 6.87. The maximum atomic E-state index is 12.2. The first-order valence-corrected chi connectivity index (χ1v) is 10.3. The van der Waals surface area contributed by atoms with Gasteiger partial charge in [0.05, 0.1) is 19.7 Å². The normalized spacial score (nSPS) is 14.9. The molecule has 0 atom stereocenters. The van der Waals surface area contributed by atoms with Crippen LogP contribution in [-0.2, 0) is 6.42 Å². The number of aromatic hydroxyl groups is 1. The van der Waals surface area contributed by atoms with Gasteiger partial charge in [0.25, 0.3) is 0 Å². The van der Waals surface area contributed by atoms with Crippen molar-refractivity contribution in [1.29, 1.82) is 0 Å². The van der Waals surface area contributed by atoms with Crippen molar-refractivity contribution in [2.75, 3.05) is 37.9 Å². The van der Waals surface area contributed by atoms with E-state index in [1.54, 1.807) is 26.4 Å². The van der Waals surface area contributed by atoms with Crippen molar-refractivity contribution in [2.45, 2.75) is 38.6 Å². The van der Waals surface area contributed by atoms with Crippen LogP contribution in [0.15, 0.2) is 21.3 Å². The minimum Gasteiger partial charge on any atom is -0.493 e. The highest BCUT2D eigenvalue weighted by Gasteiger charge is 2.28. The van der Waals surface area contributed by atoms with Gasteiger partial charge in [0, 0.05) is 37.0 Å². The quantitative estimate of drug-likeness (QED) is 0.607. The number of aromatic nitrogens is 3. The first-order chi connectivity index (χ1) is 15.0. The highest BCUT2D eigenvalue weighted by Crippen LogP contribution is 2.35. The summed E-state index contributed by atoms with van der Waals surface area (Å²) < 4.78 is 17.3. The lowest BCUT2D eigenvalue weighted by Crippen LogP contribution is -2.37. The Balaban J connectivity index is 1.57. The first-order valence-electron chi connectivity index (χ1n) is 10.3. The Morgan fingerprint density at radius 3 is 2.52 bits per heavy atom. The van der Waals surface area contributed by atoms with Gasteiger partial charge in [-0.1, -0.05) is 6.92 Å². The Labute approximate surface area is 179 Å². The molecule has 1 saturated heterocycles. The Morgan fingerprint density at radius 2 is 1.87 bits per heavy atom. The number of nitrogens with two attached hydrogens (primary N) is 1. The third-order valence-corrected chi connectivity index (χ3v) is 5.69. The largest absolute Gasteiger partial charge is 0.493 e. The number of methoxy groups -OCH3 is 2. The summed E-state index contributed by atoms with van der Waals surface area (Å²) in [4.78, 5) is 23.4. The molecule has 0 radical (unpaired) electrons. The maximum absolute atomic E-state index is 12.2. The molecule has 0 aliphatic carbocycles. The second kappa shape index (κ2) is 8.37. The van der Waals surface area contributed by atoms with Crippen molar-refractivity contribution in [3.8, 4) is 17.4 Å². The molecule has 10 nitrogen and oxygen atoms in total. The van der Waals surface area contributed by atoms with Gasteiger partial charge in [-0.05, 0) is 25.3 Å². The average molecular weight is 429 g/mol. The molecule has 10 heteroatoms. The molecule has 3 heterocycles. The van der Waals surface area contributed by atoms with E-state index in [1.807, 2.05) is 11.8 Å². The minimum atomic E-state index is -0.508. The van der Waals surface area contributed by atoms with Gasteiger partial charge in [0.2, 0.25) is 11.8 Å². The van der Waals surface area contributed by atoms with Gasteiger partial charge in [-0.25, -0.2) is 14.3 Å². The Morgan fingerprint density at radius 1 is 1.19 bits per heavy atom. The SMILES string of the molecule is CCCc1oc(=O)n(C2CCN(c3nc(N)c4cc(OC)c(OC)cc4n3)CC2)c1O. The van der Waals surface area contributed by atoms with Gasteiger partial charge in [0.15, 0.2) is 17.3 Å². The van der Waals surface area contributed by atoms with Gasteiger partial charge in [-0.3, -0.25) is 0 Å². The lowest BCUT2D eigenvalue weighted by Gasteiger charge is -2.32. The van der Waals surface area contributed by atoms with Crippen molar-refractivity contribution >= 4 is 22.7 Å². The fourth-order valence-corrected chi connectivity index (χ4v) is 4.07. The predicted molar refractivity (Wildman–Crippen MR) is 116 cm³/mol. The van der Waals surface area contributed by atoms with E-state index >= 15 is 0 Å². The van der Waals surface area contributed by atoms with Crippen molar-refractivity contribution in [1.82, 2.24) is 14.5 Å². The number of ether oxygens (including phenoxy) is 2. The van der Waals surface area contributed by atoms with Crippen molar-refractivity contribution in [3.63, 3.8) is 0 Å². The maximum Gasteiger partial charge on any atom is 0.422 e. The molecule has 166 valence electrons. The molecule has 3 aromatic rings. The number of fused-ring (bicyclic) bond motifs is 1. The predicted octanol–water partition coefficient (Wildman–Crippen LogP) is 2.48. The smallest absolute Gasteiger partial charge is 0.422 e. The molecule has 0 bridgehead atoms. The van der Waals surface area contributed by atoms with E-state index in [1.165, 1.54) is 4.57 Å². The van der Waals surface area contributed by atoms with Crippen molar-refractivity contribution in [3.05, 3.63) is 28.4 Å². The van der Waals surface area contributed by atoms with E-state index in [0.29, 0.717) is 72.3 Å². The fourth-order valence-electron chi connectivity index (χ4n) is 4.07. The second-order valence-electron chi connectivity index (χ2n) is 7.59. The Hall–Kier alpha value is -3.43. The number of aryl methyl sites for hydroxylation is 1. The number of nitrogen functional groups attached to an aromatic ring is 1. The van der Waals surface area contributed by atoms with Gasteiger partial charge < -0.3 is 29.6 Å². The molecule has 3 N–H and O–H groups in total. The van der Waals surface area contributed by atoms with Crippen molar-refractivity contribution in [2.24, 2.45) is 0 Å². The Bertz CT molecular complexity index is 1150. The lowest BCUT2D eigenvalue weighted by molar-refractivity contribution is 0.324. The Kier molecular flexibility index (Phi) is 5.62. The van der Waals surface area contributed by atoms with Crippen LogP contribution in [0, 0.1) is 0 Å². The van der Waals surface area contributed by atoms with E-state index in [2.05, 4.69) is 9.97 Å². The third-order valence-electron chi connectivity index (χ3n) is 5.69. The number of benzene rings is 1. The lowest BCUT2D eigenvalue weighted by atomic mass is 10.1. The average Bonchev–Trinajstić information content (AvgIpc) is 3.06. The van der Waals surface area contributed by atoms with Crippen LogP contribution >= 0.6 is 0 Å². The first kappa shape index (κ1) is 20.8. The standard InChI is InChI=1S/C21H27N5O5/c1-4-5-15-19(27)26(21(28)31-15)12-6-8-25(9-7-12)20-23-14-11-17(30-3)16(29-2)10-13(14)18(22)24-20/h10-12,27H,4-9H2,1-3H3,(H2,22,23,24). The summed E-state index contributed by atoms with van der Waals surface area (Å²) in [7, 11) is 3.13. The molecule has 1 aromatic carbocycles. The molecule has 1 aliphatic heterocycles. The third kappa shape index (κ3) is 3.73. The number of nitrogens with zero attached hydrogens (tertiary/aromatic N) is 4. The van der Waals surface area contributed by atoms with Crippen LogP contribution in [0.4, 0.5) is 11.8 Å². The van der Waals surface area contributed by atoms with Crippen LogP contribution in [0.5, 0.6) is 17.4 Å². The van der Waals surface area contributed by atoms with E-state index in [9.17, 15) is 9.90 Å². The van der Waals surface area contributed by atoms with Crippen LogP contribution < -0.4 is 25.9 Å². The van der Waals surface area contributed by atoms with E-state index in [4.69, 9.17) is 19.6 Å². The van der Waals surface area contributed by atoms with Crippen molar-refractivity contribution < 1.29 is 19.0 Å². The molecule has 4 rings (SSSR count). The number of hydrogen-bond donors (Lipinski definition) is 2. The molecule has 1 aliphatic rings. The minimum absolute atomic E-state index is 0.0578. The van der Waals surface area contributed by atoms with Crippen LogP contribution in [0.3, 0.4) is 0 Å².